The number of carboxylic acid groups (broad SMARTS) is 1. The van der Waals surface area contributed by atoms with Crippen molar-refractivity contribution in [2.75, 3.05) is 26.3 Å². The topological polar surface area (TPSA) is 76.1 Å². The molecule has 1 aromatic rings. The number of carbonyl (C=O) groups excluding carboxylic acids is 1. The van der Waals surface area contributed by atoms with Crippen molar-refractivity contribution >= 4 is 11.9 Å². The predicted octanol–water partition coefficient (Wildman–Crippen LogP) is 1.27. The molecule has 1 N–H and O–H groups in total. The Morgan fingerprint density at radius 1 is 1.30 bits per heavy atom. The maximum atomic E-state index is 13.5. The summed E-state index contributed by atoms with van der Waals surface area (Å²) in [7, 11) is 0. The molecule has 1 aromatic carbocycles. The van der Waals surface area contributed by atoms with Gasteiger partial charge in [-0.05, 0) is 24.1 Å². The zero-order valence-electron chi connectivity index (χ0n) is 12.5. The predicted molar refractivity (Wildman–Crippen MR) is 78.4 cm³/mol. The summed E-state index contributed by atoms with van der Waals surface area (Å²) in [5.74, 6) is -0.944. The van der Waals surface area contributed by atoms with Gasteiger partial charge in [-0.2, -0.15) is 0 Å². The highest BCUT2D eigenvalue weighted by Crippen LogP contribution is 2.31. The lowest BCUT2D eigenvalue weighted by molar-refractivity contribution is -0.145. The normalized spacial score (nSPS) is 21.1. The van der Waals surface area contributed by atoms with Crippen LogP contribution in [-0.4, -0.2) is 54.4 Å². The van der Waals surface area contributed by atoms with Gasteiger partial charge in [-0.25, -0.2) is 9.18 Å². The van der Waals surface area contributed by atoms with E-state index < -0.39 is 18.1 Å². The molecule has 2 heterocycles. The molecule has 2 unspecified atom stereocenters. The van der Waals surface area contributed by atoms with Crippen molar-refractivity contribution in [1.82, 2.24) is 4.90 Å². The summed E-state index contributed by atoms with van der Waals surface area (Å²) >= 11 is 0. The second-order valence-electron chi connectivity index (χ2n) is 5.78. The van der Waals surface area contributed by atoms with Gasteiger partial charge in [0, 0.05) is 19.0 Å². The largest absolute Gasteiger partial charge is 0.486 e. The van der Waals surface area contributed by atoms with Gasteiger partial charge in [0.1, 0.15) is 13.2 Å². The average molecular weight is 323 g/mol. The molecule has 124 valence electrons. The fourth-order valence-corrected chi connectivity index (χ4v) is 2.94. The number of aliphatic carboxylic acids is 1. The van der Waals surface area contributed by atoms with Gasteiger partial charge in [-0.3, -0.25) is 4.79 Å². The number of benzene rings is 1. The van der Waals surface area contributed by atoms with Crippen LogP contribution in [0.15, 0.2) is 18.2 Å². The molecule has 3 rings (SSSR count). The Labute approximate surface area is 132 Å². The van der Waals surface area contributed by atoms with Gasteiger partial charge >= 0.3 is 5.97 Å². The molecule has 2 aliphatic rings. The molecule has 0 aliphatic carbocycles. The minimum atomic E-state index is -1.91. The van der Waals surface area contributed by atoms with E-state index in [1.165, 1.54) is 4.90 Å². The molecule has 1 fully saturated rings. The monoisotopic (exact) mass is 323 g/mol. The Kier molecular flexibility index (Phi) is 4.36. The SMILES string of the molecule is O=C(O)C(F)C1CCN(C(=O)Cc2ccc3c(c2)OCCO3)C1. The van der Waals surface area contributed by atoms with E-state index in [0.717, 1.165) is 5.56 Å². The van der Waals surface area contributed by atoms with Crippen LogP contribution in [0.2, 0.25) is 0 Å². The van der Waals surface area contributed by atoms with E-state index in [0.29, 0.717) is 37.7 Å². The molecule has 0 radical (unpaired) electrons. The van der Waals surface area contributed by atoms with E-state index in [1.54, 1.807) is 18.2 Å². The Bertz CT molecular complexity index is 620. The summed E-state index contributed by atoms with van der Waals surface area (Å²) in [6.45, 7) is 1.53. The van der Waals surface area contributed by atoms with E-state index in [9.17, 15) is 14.0 Å². The van der Waals surface area contributed by atoms with Gasteiger partial charge in [0.25, 0.3) is 0 Å². The van der Waals surface area contributed by atoms with Crippen molar-refractivity contribution in [1.29, 1.82) is 0 Å². The minimum absolute atomic E-state index is 0.137. The number of carboxylic acids is 1. The highest BCUT2D eigenvalue weighted by molar-refractivity contribution is 5.79. The highest BCUT2D eigenvalue weighted by Gasteiger charge is 2.35. The molecule has 2 atom stereocenters. The Balaban J connectivity index is 1.60. The van der Waals surface area contributed by atoms with E-state index in [-0.39, 0.29) is 18.9 Å². The highest BCUT2D eigenvalue weighted by atomic mass is 19.1. The summed E-state index contributed by atoms with van der Waals surface area (Å²) in [5, 5.41) is 8.71. The summed E-state index contributed by atoms with van der Waals surface area (Å²) < 4.78 is 24.4. The van der Waals surface area contributed by atoms with Crippen molar-refractivity contribution in [3.63, 3.8) is 0 Å². The van der Waals surface area contributed by atoms with Gasteiger partial charge in [-0.15, -0.1) is 0 Å². The molecule has 23 heavy (non-hydrogen) atoms. The number of hydrogen-bond acceptors (Lipinski definition) is 4. The van der Waals surface area contributed by atoms with Gasteiger partial charge in [-0.1, -0.05) is 6.07 Å². The molecular formula is C16H18FNO5. The number of likely N-dealkylation sites (tertiary alicyclic amines) is 1. The first-order valence-electron chi connectivity index (χ1n) is 7.58. The van der Waals surface area contributed by atoms with Crippen molar-refractivity contribution in [2.24, 2.45) is 5.92 Å². The standard InChI is InChI=1S/C16H18FNO5/c17-15(16(20)21)11-3-4-18(9-11)14(19)8-10-1-2-12-13(7-10)23-6-5-22-12/h1-2,7,11,15H,3-6,8-9H2,(H,20,21). The maximum Gasteiger partial charge on any atom is 0.338 e. The second kappa shape index (κ2) is 6.44. The van der Waals surface area contributed by atoms with Gasteiger partial charge in [0.2, 0.25) is 12.1 Å². The number of amides is 1. The number of fused-ring (bicyclic) bond motifs is 1. The van der Waals surface area contributed by atoms with Crippen molar-refractivity contribution in [3.05, 3.63) is 23.8 Å². The smallest absolute Gasteiger partial charge is 0.338 e. The molecule has 6 nitrogen and oxygen atoms in total. The van der Waals surface area contributed by atoms with E-state index in [1.807, 2.05) is 0 Å². The molecule has 0 bridgehead atoms. The first-order valence-corrected chi connectivity index (χ1v) is 7.58. The molecule has 7 heteroatoms. The van der Waals surface area contributed by atoms with Crippen LogP contribution in [-0.2, 0) is 16.0 Å². The van der Waals surface area contributed by atoms with Crippen molar-refractivity contribution < 1.29 is 28.6 Å². The quantitative estimate of drug-likeness (QED) is 0.903. The first-order chi connectivity index (χ1) is 11.0. The van der Waals surface area contributed by atoms with Gasteiger partial charge in [0.05, 0.1) is 6.42 Å². The maximum absolute atomic E-state index is 13.5. The Morgan fingerprint density at radius 3 is 2.78 bits per heavy atom. The van der Waals surface area contributed by atoms with Crippen LogP contribution in [0.25, 0.3) is 0 Å². The third-order valence-corrected chi connectivity index (χ3v) is 4.19. The van der Waals surface area contributed by atoms with E-state index in [4.69, 9.17) is 14.6 Å². The van der Waals surface area contributed by atoms with Crippen LogP contribution in [0.4, 0.5) is 4.39 Å². The Hall–Kier alpha value is -2.31. The molecule has 1 amide bonds. The third-order valence-electron chi connectivity index (χ3n) is 4.19. The summed E-state index contributed by atoms with van der Waals surface area (Å²) in [6.07, 6.45) is -1.37. The number of alkyl halides is 1. The zero-order valence-corrected chi connectivity index (χ0v) is 12.5. The van der Waals surface area contributed by atoms with Gasteiger partial charge in [0.15, 0.2) is 11.5 Å². The number of hydrogen-bond donors (Lipinski definition) is 1. The molecule has 0 spiro atoms. The molecule has 1 saturated heterocycles. The summed E-state index contributed by atoms with van der Waals surface area (Å²) in [4.78, 5) is 24.5. The fraction of sp³-hybridized carbons (Fsp3) is 0.500. The van der Waals surface area contributed by atoms with Crippen LogP contribution in [0.1, 0.15) is 12.0 Å². The molecular weight excluding hydrogens is 305 g/mol. The lowest BCUT2D eigenvalue weighted by atomic mass is 10.0. The van der Waals surface area contributed by atoms with Crippen molar-refractivity contribution in [3.8, 4) is 11.5 Å². The number of nitrogens with zero attached hydrogens (tertiary/aromatic N) is 1. The summed E-state index contributed by atoms with van der Waals surface area (Å²) in [5.41, 5.74) is 0.790. The molecule has 2 aliphatic heterocycles. The number of rotatable bonds is 4. The van der Waals surface area contributed by atoms with Crippen LogP contribution >= 0.6 is 0 Å². The zero-order chi connectivity index (χ0) is 16.4. The van der Waals surface area contributed by atoms with E-state index >= 15 is 0 Å². The van der Waals surface area contributed by atoms with E-state index in [2.05, 4.69) is 0 Å². The minimum Gasteiger partial charge on any atom is -0.486 e. The lowest BCUT2D eigenvalue weighted by Crippen LogP contribution is -2.33. The second-order valence-corrected chi connectivity index (χ2v) is 5.78. The fourth-order valence-electron chi connectivity index (χ4n) is 2.94. The number of carbonyl (C=O) groups is 2. The lowest BCUT2D eigenvalue weighted by Gasteiger charge is -2.20. The molecule has 0 aromatic heterocycles. The van der Waals surface area contributed by atoms with Crippen LogP contribution in [0.3, 0.4) is 0 Å². The van der Waals surface area contributed by atoms with Crippen LogP contribution in [0, 0.1) is 5.92 Å². The number of ether oxygens (including phenoxy) is 2. The Morgan fingerprint density at radius 2 is 2.04 bits per heavy atom. The number of halogens is 1. The summed E-state index contributed by atoms with van der Waals surface area (Å²) in [6, 6.07) is 5.34. The average Bonchev–Trinajstić information content (AvgIpc) is 3.04. The van der Waals surface area contributed by atoms with Crippen LogP contribution in [0.5, 0.6) is 11.5 Å². The first kappa shape index (κ1) is 15.6. The van der Waals surface area contributed by atoms with Crippen molar-refractivity contribution in [2.45, 2.75) is 19.0 Å². The third kappa shape index (κ3) is 3.38. The molecule has 0 saturated carbocycles. The van der Waals surface area contributed by atoms with Gasteiger partial charge < -0.3 is 19.5 Å². The van der Waals surface area contributed by atoms with Crippen LogP contribution < -0.4 is 9.47 Å².